The van der Waals surface area contributed by atoms with Gasteiger partial charge in [0.25, 0.3) is 5.91 Å². The van der Waals surface area contributed by atoms with Gasteiger partial charge in [0, 0.05) is 17.8 Å². The van der Waals surface area contributed by atoms with Gasteiger partial charge in [-0.3, -0.25) is 19.3 Å². The fraction of sp³-hybridized carbons (Fsp3) is 0.375. The van der Waals surface area contributed by atoms with Crippen molar-refractivity contribution in [1.29, 1.82) is 0 Å². The summed E-state index contributed by atoms with van der Waals surface area (Å²) in [4.78, 5) is 38.7. The number of hydrogen-bond donors (Lipinski definition) is 2. The van der Waals surface area contributed by atoms with Crippen LogP contribution in [0.25, 0.3) is 0 Å². The predicted molar refractivity (Wildman–Crippen MR) is 122 cm³/mol. The number of esters is 1. The smallest absolute Gasteiger partial charge is 0.320 e. The molecule has 0 aliphatic heterocycles. The van der Waals surface area contributed by atoms with Crippen molar-refractivity contribution in [3.05, 3.63) is 54.1 Å². The van der Waals surface area contributed by atoms with Gasteiger partial charge >= 0.3 is 5.97 Å². The van der Waals surface area contributed by atoms with Crippen LogP contribution in [0.5, 0.6) is 5.75 Å². The maximum Gasteiger partial charge on any atom is 0.320 e. The predicted octanol–water partition coefficient (Wildman–Crippen LogP) is 3.16. The van der Waals surface area contributed by atoms with Gasteiger partial charge in [-0.15, -0.1) is 0 Å². The Bertz CT molecular complexity index is 941. The minimum atomic E-state index is -0.327. The van der Waals surface area contributed by atoms with E-state index in [0.717, 1.165) is 12.8 Å². The van der Waals surface area contributed by atoms with Crippen LogP contribution in [0.4, 0.5) is 11.4 Å². The van der Waals surface area contributed by atoms with E-state index in [-0.39, 0.29) is 30.9 Å². The van der Waals surface area contributed by atoms with Crippen LogP contribution >= 0.6 is 0 Å². The van der Waals surface area contributed by atoms with Crippen molar-refractivity contribution in [2.45, 2.75) is 19.8 Å². The normalized spacial score (nSPS) is 12.8. The first-order chi connectivity index (χ1) is 15.5. The van der Waals surface area contributed by atoms with E-state index in [9.17, 15) is 14.4 Å². The Labute approximate surface area is 187 Å². The van der Waals surface area contributed by atoms with Gasteiger partial charge in [0.05, 0.1) is 32.5 Å². The molecule has 0 radical (unpaired) electrons. The third-order valence-electron chi connectivity index (χ3n) is 5.02. The lowest BCUT2D eigenvalue weighted by atomic mass is 10.2. The number of benzene rings is 2. The summed E-state index contributed by atoms with van der Waals surface area (Å²) in [6.07, 6.45) is 2.25. The second-order valence-corrected chi connectivity index (χ2v) is 7.70. The average molecular weight is 440 g/mol. The standard InChI is InChI=1S/C24H29N3O5/c1-3-32-23(29)16-27(14-17-8-9-17)15-22(28)25-19-12-10-18(11-13-19)24(30)26-20-6-4-5-7-21(20)31-2/h4-7,10-13,17H,3,8-9,14-16H2,1-2H3,(H,25,28)(H,26,30). The van der Waals surface area contributed by atoms with E-state index in [1.54, 1.807) is 50.4 Å². The number of ether oxygens (including phenoxy) is 2. The third-order valence-corrected chi connectivity index (χ3v) is 5.02. The molecule has 32 heavy (non-hydrogen) atoms. The lowest BCUT2D eigenvalue weighted by molar-refractivity contribution is -0.144. The molecule has 8 heteroatoms. The molecule has 8 nitrogen and oxygen atoms in total. The molecule has 0 aromatic heterocycles. The second kappa shape index (κ2) is 11.3. The first-order valence-electron chi connectivity index (χ1n) is 10.7. The van der Waals surface area contributed by atoms with Crippen LogP contribution in [0.2, 0.25) is 0 Å². The summed E-state index contributed by atoms with van der Waals surface area (Å²) < 4.78 is 10.3. The summed E-state index contributed by atoms with van der Waals surface area (Å²) in [5.41, 5.74) is 1.60. The van der Waals surface area contributed by atoms with E-state index in [1.807, 2.05) is 17.0 Å². The van der Waals surface area contributed by atoms with Crippen molar-refractivity contribution in [1.82, 2.24) is 4.90 Å². The number of carbonyl (C=O) groups is 3. The highest BCUT2D eigenvalue weighted by molar-refractivity contribution is 6.05. The zero-order chi connectivity index (χ0) is 22.9. The molecule has 2 N–H and O–H groups in total. The number of rotatable bonds is 11. The van der Waals surface area contributed by atoms with Gasteiger partial charge < -0.3 is 20.1 Å². The van der Waals surface area contributed by atoms with E-state index >= 15 is 0 Å². The van der Waals surface area contributed by atoms with Gasteiger partial charge in [0.15, 0.2) is 0 Å². The summed E-state index contributed by atoms with van der Waals surface area (Å²) in [6.45, 7) is 2.98. The molecular formula is C24H29N3O5. The monoisotopic (exact) mass is 439 g/mol. The first-order valence-corrected chi connectivity index (χ1v) is 10.7. The Balaban J connectivity index is 1.55. The molecule has 0 saturated heterocycles. The van der Waals surface area contributed by atoms with Crippen molar-refractivity contribution < 1.29 is 23.9 Å². The highest BCUT2D eigenvalue weighted by Gasteiger charge is 2.26. The summed E-state index contributed by atoms with van der Waals surface area (Å²) in [5, 5.41) is 5.64. The Morgan fingerprint density at radius 1 is 1.00 bits per heavy atom. The topological polar surface area (TPSA) is 97.0 Å². The van der Waals surface area contributed by atoms with Crippen molar-refractivity contribution in [2.24, 2.45) is 5.92 Å². The van der Waals surface area contributed by atoms with Gasteiger partial charge in [-0.1, -0.05) is 12.1 Å². The molecular weight excluding hydrogens is 410 g/mol. The fourth-order valence-corrected chi connectivity index (χ4v) is 3.29. The molecule has 1 aliphatic rings. The average Bonchev–Trinajstić information content (AvgIpc) is 3.58. The minimum Gasteiger partial charge on any atom is -0.495 e. The van der Waals surface area contributed by atoms with Crippen molar-refractivity contribution >= 4 is 29.2 Å². The quantitative estimate of drug-likeness (QED) is 0.522. The summed E-state index contributed by atoms with van der Waals surface area (Å²) in [5.74, 6) is 0.284. The number of anilines is 2. The molecule has 0 spiro atoms. The molecule has 0 bridgehead atoms. The maximum atomic E-state index is 12.5. The van der Waals surface area contributed by atoms with Gasteiger partial charge in [-0.05, 0) is 62.1 Å². The molecule has 0 unspecified atom stereocenters. The van der Waals surface area contributed by atoms with E-state index in [2.05, 4.69) is 10.6 Å². The number of nitrogens with one attached hydrogen (secondary N) is 2. The van der Waals surface area contributed by atoms with Gasteiger partial charge in [0.2, 0.25) is 5.91 Å². The van der Waals surface area contributed by atoms with E-state index in [4.69, 9.17) is 9.47 Å². The van der Waals surface area contributed by atoms with Crippen LogP contribution in [-0.2, 0) is 14.3 Å². The van der Waals surface area contributed by atoms with Gasteiger partial charge in [-0.25, -0.2) is 0 Å². The third kappa shape index (κ3) is 7.09. The maximum absolute atomic E-state index is 12.5. The molecule has 3 rings (SSSR count). The van der Waals surface area contributed by atoms with Gasteiger partial charge in [0.1, 0.15) is 5.75 Å². The fourth-order valence-electron chi connectivity index (χ4n) is 3.29. The highest BCUT2D eigenvalue weighted by Crippen LogP contribution is 2.29. The number of carbonyl (C=O) groups excluding carboxylic acids is 3. The van der Waals surface area contributed by atoms with Crippen LogP contribution in [0, 0.1) is 5.92 Å². The summed E-state index contributed by atoms with van der Waals surface area (Å²) in [7, 11) is 1.54. The lowest BCUT2D eigenvalue weighted by Gasteiger charge is -2.20. The second-order valence-electron chi connectivity index (χ2n) is 7.70. The largest absolute Gasteiger partial charge is 0.495 e. The van der Waals surface area contributed by atoms with E-state index in [1.165, 1.54) is 0 Å². The highest BCUT2D eigenvalue weighted by atomic mass is 16.5. The van der Waals surface area contributed by atoms with Crippen LogP contribution in [-0.4, -0.2) is 56.0 Å². The molecule has 1 saturated carbocycles. The molecule has 2 aromatic carbocycles. The molecule has 2 amide bonds. The summed E-state index contributed by atoms with van der Waals surface area (Å²) >= 11 is 0. The van der Waals surface area contributed by atoms with E-state index < -0.39 is 0 Å². The Kier molecular flexibility index (Phi) is 8.21. The lowest BCUT2D eigenvalue weighted by Crippen LogP contribution is -2.38. The molecule has 2 aromatic rings. The number of hydrogen-bond acceptors (Lipinski definition) is 6. The number of para-hydroxylation sites is 2. The minimum absolute atomic E-state index is 0.0970. The molecule has 0 heterocycles. The van der Waals surface area contributed by atoms with Crippen LogP contribution in [0.3, 0.4) is 0 Å². The molecule has 1 aliphatic carbocycles. The van der Waals surface area contributed by atoms with Crippen LogP contribution in [0.15, 0.2) is 48.5 Å². The number of methoxy groups -OCH3 is 1. The first kappa shape index (κ1) is 23.3. The summed E-state index contributed by atoms with van der Waals surface area (Å²) in [6, 6.07) is 13.8. The van der Waals surface area contributed by atoms with Crippen molar-refractivity contribution in [3.8, 4) is 5.75 Å². The zero-order valence-electron chi connectivity index (χ0n) is 18.4. The Morgan fingerprint density at radius 3 is 2.38 bits per heavy atom. The Hall–Kier alpha value is -3.39. The van der Waals surface area contributed by atoms with Crippen LogP contribution in [0.1, 0.15) is 30.1 Å². The molecule has 170 valence electrons. The zero-order valence-corrected chi connectivity index (χ0v) is 18.4. The van der Waals surface area contributed by atoms with Gasteiger partial charge in [-0.2, -0.15) is 0 Å². The number of amides is 2. The Morgan fingerprint density at radius 2 is 1.72 bits per heavy atom. The molecule has 1 fully saturated rings. The van der Waals surface area contributed by atoms with Crippen LogP contribution < -0.4 is 15.4 Å². The SMILES string of the molecule is CCOC(=O)CN(CC(=O)Nc1ccc(C(=O)Nc2ccccc2OC)cc1)CC1CC1. The number of nitrogens with zero attached hydrogens (tertiary/aromatic N) is 1. The van der Waals surface area contributed by atoms with E-state index in [0.29, 0.717) is 41.8 Å². The van der Waals surface area contributed by atoms with Crippen molar-refractivity contribution in [3.63, 3.8) is 0 Å². The van der Waals surface area contributed by atoms with Crippen molar-refractivity contribution in [2.75, 3.05) is 44.0 Å². The molecule has 0 atom stereocenters.